The van der Waals surface area contributed by atoms with Gasteiger partial charge in [0, 0.05) is 0 Å². The minimum Gasteiger partial charge on any atom is -3.00 e. The average Bonchev–Trinajstić information content (AvgIpc) is 0. The molecule has 0 aromatic carbocycles. The first-order valence-electron chi connectivity index (χ1n) is 0. The summed E-state index contributed by atoms with van der Waals surface area (Å²) < 4.78 is 0. The van der Waals surface area contributed by atoms with Gasteiger partial charge in [0.05, 0.1) is 0 Å². The van der Waals surface area contributed by atoms with Crippen LogP contribution in [0.4, 0.5) is 0 Å². The van der Waals surface area contributed by atoms with Gasteiger partial charge in [-0.05, 0) is 0 Å². The Morgan fingerprint density at radius 2 is 0.235 bits per heavy atom. The molecule has 0 N–H and O–H groups in total. The normalized spacial score (nSPS) is 0. The summed E-state index contributed by atoms with van der Waals surface area (Å²) in [6, 6.07) is 0. The Morgan fingerprint density at radius 3 is 0.235 bits per heavy atom. The SMILES string of the molecule is [Al+3].[Al+3].[Al+3].[Er+3].[Er+3].[Er+3].[Mg+2].[Mg+2].[Mg+2].[N-3].[N-3].[N-3].[N-3].[N-3].[N-3].[N-3].[N-3]. The Bertz CT molecular complexity index is 31.2. The fourth-order valence-corrected chi connectivity index (χ4v) is 0. The van der Waals surface area contributed by atoms with Gasteiger partial charge in [-0.15, -0.1) is 0 Å². The van der Waals surface area contributed by atoms with Gasteiger partial charge < -0.3 is 49.2 Å². The van der Waals surface area contributed by atoms with Crippen molar-refractivity contribution in [3.63, 3.8) is 0 Å². The Balaban J connectivity index is 0. The van der Waals surface area contributed by atoms with Gasteiger partial charge in [0.25, 0.3) is 0 Å². The van der Waals surface area contributed by atoms with E-state index < -0.39 is 0 Å². The molecule has 0 aromatic rings. The van der Waals surface area contributed by atoms with Gasteiger partial charge in [0.1, 0.15) is 0 Å². The second-order valence-corrected chi connectivity index (χ2v) is 0. The Hall–Kier alpha value is 7.32. The van der Waals surface area contributed by atoms with E-state index in [0.29, 0.717) is 0 Å². The molecule has 0 saturated heterocycles. The minimum absolute atomic E-state index is 0. The van der Waals surface area contributed by atoms with Crippen LogP contribution in [-0.2, 0) is 0 Å². The van der Waals surface area contributed by atoms with Crippen molar-refractivity contribution in [2.45, 2.75) is 0 Å². The Kier molecular flexibility index (Phi) is 3150. The number of hydrogen-bond donors (Lipinski definition) is 0. The average molecular weight is 768 g/mol. The van der Waals surface area contributed by atoms with E-state index in [4.69, 9.17) is 0 Å². The molecule has 0 atom stereocenters. The maximum atomic E-state index is 0. The molecule has 0 rings (SSSR count). The van der Waals surface area contributed by atoms with Gasteiger partial charge in [0.2, 0.25) is 0 Å². The van der Waals surface area contributed by atoms with E-state index in [9.17, 15) is 0 Å². The zero-order valence-corrected chi connectivity index (χ0v) is 21.6. The second-order valence-electron chi connectivity index (χ2n) is 0. The van der Waals surface area contributed by atoms with E-state index in [1.807, 2.05) is 0 Å². The molecular formula is Al3Er3Mg3N8. The molecule has 0 aromatic heterocycles. The summed E-state index contributed by atoms with van der Waals surface area (Å²) in [5.41, 5.74) is 0. The van der Waals surface area contributed by atoms with Gasteiger partial charge in [0.15, 0.2) is 0 Å². The number of hydrogen-bond acceptors (Lipinski definition) is 0. The van der Waals surface area contributed by atoms with E-state index in [0.717, 1.165) is 0 Å². The van der Waals surface area contributed by atoms with Crippen molar-refractivity contribution < 1.29 is 112 Å². The predicted molar refractivity (Wildman–Crippen MR) is 61.4 cm³/mol. The summed E-state index contributed by atoms with van der Waals surface area (Å²) in [6.07, 6.45) is 0. The van der Waals surface area contributed by atoms with Crippen molar-refractivity contribution in [3.8, 4) is 0 Å². The van der Waals surface area contributed by atoms with Crippen molar-refractivity contribution in [3.05, 3.63) is 49.2 Å². The molecule has 3 radical (unpaired) electrons. The minimum atomic E-state index is 0. The van der Waals surface area contributed by atoms with Crippen LogP contribution in [0.3, 0.4) is 0 Å². The zero-order valence-electron chi connectivity index (χ0n) is 8.30. The monoisotopic (exact) mass is 763 g/mol. The molecule has 8 nitrogen and oxygen atoms in total. The Labute approximate surface area is 275 Å². The summed E-state index contributed by atoms with van der Waals surface area (Å²) in [4.78, 5) is 0. The van der Waals surface area contributed by atoms with Crippen LogP contribution in [0.15, 0.2) is 0 Å². The molecule has 0 spiro atoms. The van der Waals surface area contributed by atoms with Crippen LogP contribution in [0, 0.1) is 112 Å². The van der Waals surface area contributed by atoms with Crippen LogP contribution in [-0.4, -0.2) is 121 Å². The molecule has 0 aliphatic heterocycles. The summed E-state index contributed by atoms with van der Waals surface area (Å²) in [5.74, 6) is 0. The fourth-order valence-electron chi connectivity index (χ4n) is 0. The van der Waals surface area contributed by atoms with Crippen LogP contribution in [0.25, 0.3) is 49.2 Å². The van der Waals surface area contributed by atoms with Gasteiger partial charge >= 0.3 is 233 Å². The molecule has 0 heterocycles. The van der Waals surface area contributed by atoms with Gasteiger partial charge in [-0.25, -0.2) is 0 Å². The zero-order chi connectivity index (χ0) is 0. The molecule has 17 heteroatoms. The molecule has 0 bridgehead atoms. The molecule has 0 unspecified atom stereocenters. The summed E-state index contributed by atoms with van der Waals surface area (Å²) in [7, 11) is 0. The molecule has 0 aliphatic carbocycles. The van der Waals surface area contributed by atoms with Crippen LogP contribution in [0.2, 0.25) is 0 Å². The second kappa shape index (κ2) is 217. The van der Waals surface area contributed by atoms with Crippen LogP contribution in [0.1, 0.15) is 0 Å². The van der Waals surface area contributed by atoms with Crippen molar-refractivity contribution in [1.82, 2.24) is 0 Å². The Morgan fingerprint density at radius 1 is 0.235 bits per heavy atom. The molecular weight excluding hydrogens is 768 g/mol. The van der Waals surface area contributed by atoms with Crippen molar-refractivity contribution >= 4 is 121 Å². The maximum Gasteiger partial charge on any atom is 3.00 e. The summed E-state index contributed by atoms with van der Waals surface area (Å²) in [5, 5.41) is 0. The van der Waals surface area contributed by atoms with E-state index in [-0.39, 0.29) is 282 Å². The molecule has 0 aliphatic rings. The maximum absolute atomic E-state index is 0. The third kappa shape index (κ3) is 198. The third-order valence-corrected chi connectivity index (χ3v) is 0. The van der Waals surface area contributed by atoms with Crippen LogP contribution >= 0.6 is 0 Å². The number of rotatable bonds is 0. The quantitative estimate of drug-likeness (QED) is 0.296. The van der Waals surface area contributed by atoms with E-state index in [1.165, 1.54) is 0 Å². The standard InChI is InChI=1S/3Al.3Er.3Mg.8N/q6*+3;3*+2;8*-3. The molecule has 0 amide bonds. The van der Waals surface area contributed by atoms with Crippen LogP contribution in [0.5, 0.6) is 0 Å². The summed E-state index contributed by atoms with van der Waals surface area (Å²) in [6.45, 7) is 0. The van der Waals surface area contributed by atoms with Crippen molar-refractivity contribution in [2.24, 2.45) is 0 Å². The fraction of sp³-hybridized carbons (Fsp3) is 0. The largest absolute Gasteiger partial charge is 3.00 e. The first-order valence-corrected chi connectivity index (χ1v) is 0. The number of nitrogens with zero attached hydrogens (tertiary/aromatic N) is 8. The van der Waals surface area contributed by atoms with Gasteiger partial charge in [-0.1, -0.05) is 0 Å². The first kappa shape index (κ1) is 247. The smallest absolute Gasteiger partial charge is 3.00 e. The first-order chi connectivity index (χ1) is 0. The van der Waals surface area contributed by atoms with Crippen LogP contribution < -0.4 is 0 Å². The van der Waals surface area contributed by atoms with Gasteiger partial charge in [-0.3, -0.25) is 0 Å². The predicted octanol–water partition coefficient (Wildman–Crippen LogP) is 0.0248. The molecule has 0 fully saturated rings. The van der Waals surface area contributed by atoms with E-state index >= 15 is 0 Å². The van der Waals surface area contributed by atoms with E-state index in [2.05, 4.69) is 0 Å². The van der Waals surface area contributed by atoms with Crippen molar-refractivity contribution in [2.75, 3.05) is 0 Å². The molecule has 0 saturated carbocycles. The van der Waals surface area contributed by atoms with E-state index in [1.54, 1.807) is 0 Å². The molecule has 17 heavy (non-hydrogen) atoms. The van der Waals surface area contributed by atoms with Gasteiger partial charge in [-0.2, -0.15) is 0 Å². The summed E-state index contributed by atoms with van der Waals surface area (Å²) >= 11 is 0. The van der Waals surface area contributed by atoms with Crippen molar-refractivity contribution in [1.29, 1.82) is 0 Å². The molecule has 91 valence electrons. The third-order valence-electron chi connectivity index (χ3n) is 0. The topological polar surface area (TPSA) is 244 Å².